The number of nitrogens with zero attached hydrogens (tertiary/aromatic N) is 1. The molecule has 0 amide bonds. The minimum absolute atomic E-state index is 0.326. The number of hydrogen-bond acceptors (Lipinski definition) is 4. The Kier molecular flexibility index (Phi) is 3.44. The van der Waals surface area contributed by atoms with Crippen LogP contribution >= 0.6 is 0 Å². The topological polar surface area (TPSA) is 61.3 Å². The number of aromatic nitrogens is 1. The highest BCUT2D eigenvalue weighted by Crippen LogP contribution is 2.22. The van der Waals surface area contributed by atoms with Gasteiger partial charge in [0.05, 0.1) is 19.3 Å². The zero-order chi connectivity index (χ0) is 12.3. The quantitative estimate of drug-likeness (QED) is 0.876. The number of para-hydroxylation sites is 1. The summed E-state index contributed by atoms with van der Waals surface area (Å²) in [6, 6.07) is 7.88. The molecule has 1 aromatic carbocycles. The van der Waals surface area contributed by atoms with Crippen molar-refractivity contribution in [2.24, 2.45) is 5.73 Å². The summed E-state index contributed by atoms with van der Waals surface area (Å²) in [6.07, 6.45) is 0.669. The molecule has 0 aliphatic heterocycles. The summed E-state index contributed by atoms with van der Waals surface area (Å²) in [5.74, 6) is 2.28. The third-order valence-electron chi connectivity index (χ3n) is 2.66. The van der Waals surface area contributed by atoms with Crippen molar-refractivity contribution in [1.29, 1.82) is 0 Å². The first kappa shape index (κ1) is 11.7. The normalized spacial score (nSPS) is 10.5. The van der Waals surface area contributed by atoms with Crippen molar-refractivity contribution in [2.75, 3.05) is 7.11 Å². The Morgan fingerprint density at radius 1 is 1.35 bits per heavy atom. The first-order chi connectivity index (χ1) is 8.24. The van der Waals surface area contributed by atoms with Crippen LogP contribution in [0.4, 0.5) is 0 Å². The van der Waals surface area contributed by atoms with Crippen molar-refractivity contribution < 1.29 is 9.15 Å². The third-order valence-corrected chi connectivity index (χ3v) is 2.66. The molecule has 17 heavy (non-hydrogen) atoms. The molecule has 0 fully saturated rings. The van der Waals surface area contributed by atoms with E-state index in [2.05, 4.69) is 4.98 Å². The fourth-order valence-electron chi connectivity index (χ4n) is 1.76. The molecule has 1 heterocycles. The van der Waals surface area contributed by atoms with Gasteiger partial charge in [0.15, 0.2) is 0 Å². The minimum atomic E-state index is 0.326. The lowest BCUT2D eigenvalue weighted by molar-refractivity contribution is 0.407. The summed E-state index contributed by atoms with van der Waals surface area (Å²) in [5, 5.41) is 0. The number of methoxy groups -OCH3 is 1. The maximum Gasteiger partial charge on any atom is 0.208 e. The van der Waals surface area contributed by atoms with E-state index in [1.165, 1.54) is 0 Å². The van der Waals surface area contributed by atoms with Crippen LogP contribution in [0, 0.1) is 6.92 Å². The van der Waals surface area contributed by atoms with E-state index in [9.17, 15) is 0 Å². The number of benzene rings is 1. The summed E-state index contributed by atoms with van der Waals surface area (Å²) in [6.45, 7) is 2.25. The number of aryl methyl sites for hydroxylation is 1. The van der Waals surface area contributed by atoms with Crippen LogP contribution in [-0.4, -0.2) is 12.1 Å². The molecule has 4 nitrogen and oxygen atoms in total. The van der Waals surface area contributed by atoms with E-state index in [0.29, 0.717) is 18.9 Å². The van der Waals surface area contributed by atoms with Crippen LogP contribution in [-0.2, 0) is 13.0 Å². The first-order valence-corrected chi connectivity index (χ1v) is 5.51. The Hall–Kier alpha value is -1.81. The van der Waals surface area contributed by atoms with Crippen molar-refractivity contribution >= 4 is 0 Å². The van der Waals surface area contributed by atoms with Gasteiger partial charge in [0.1, 0.15) is 11.5 Å². The number of rotatable bonds is 4. The van der Waals surface area contributed by atoms with Crippen molar-refractivity contribution in [3.8, 4) is 5.75 Å². The molecule has 0 unspecified atom stereocenters. The van der Waals surface area contributed by atoms with E-state index < -0.39 is 0 Å². The minimum Gasteiger partial charge on any atom is -0.496 e. The van der Waals surface area contributed by atoms with E-state index in [1.807, 2.05) is 31.2 Å². The number of oxazole rings is 1. The Balaban J connectivity index is 2.27. The molecule has 90 valence electrons. The van der Waals surface area contributed by atoms with Gasteiger partial charge in [-0.25, -0.2) is 4.98 Å². The van der Waals surface area contributed by atoms with Gasteiger partial charge in [-0.15, -0.1) is 0 Å². The van der Waals surface area contributed by atoms with Crippen LogP contribution in [0.5, 0.6) is 5.75 Å². The Bertz CT molecular complexity index is 506. The van der Waals surface area contributed by atoms with Gasteiger partial charge in [0.25, 0.3) is 0 Å². The predicted octanol–water partition coefficient (Wildman–Crippen LogP) is 2.04. The fourth-order valence-corrected chi connectivity index (χ4v) is 1.76. The molecule has 1 aromatic heterocycles. The molecule has 2 rings (SSSR count). The summed E-state index contributed by atoms with van der Waals surface area (Å²) in [4.78, 5) is 4.25. The van der Waals surface area contributed by atoms with Gasteiger partial charge in [0.2, 0.25) is 5.89 Å². The summed E-state index contributed by atoms with van der Waals surface area (Å²) >= 11 is 0. The molecule has 2 N–H and O–H groups in total. The molecular weight excluding hydrogens is 216 g/mol. The largest absolute Gasteiger partial charge is 0.496 e. The van der Waals surface area contributed by atoms with Gasteiger partial charge in [-0.3, -0.25) is 0 Å². The van der Waals surface area contributed by atoms with Gasteiger partial charge < -0.3 is 14.9 Å². The highest BCUT2D eigenvalue weighted by Gasteiger charge is 2.11. The third kappa shape index (κ3) is 2.47. The number of hydrogen-bond donors (Lipinski definition) is 1. The first-order valence-electron chi connectivity index (χ1n) is 5.51. The molecular formula is C13H16N2O2. The van der Waals surface area contributed by atoms with Crippen LogP contribution in [0.1, 0.15) is 22.9 Å². The van der Waals surface area contributed by atoms with Gasteiger partial charge >= 0.3 is 0 Å². The average Bonchev–Trinajstić information content (AvgIpc) is 2.71. The lowest BCUT2D eigenvalue weighted by Gasteiger charge is -2.06. The second-order valence-electron chi connectivity index (χ2n) is 3.81. The standard InChI is InChI=1S/C13H16N2O2/c1-9-12(17-13(8-14)15-9)7-10-5-3-4-6-11(10)16-2/h3-6H,7-8,14H2,1-2H3. The van der Waals surface area contributed by atoms with E-state index in [1.54, 1.807) is 7.11 Å². The molecule has 0 aliphatic carbocycles. The van der Waals surface area contributed by atoms with E-state index >= 15 is 0 Å². The van der Waals surface area contributed by atoms with Gasteiger partial charge in [0, 0.05) is 12.0 Å². The monoisotopic (exact) mass is 232 g/mol. The lowest BCUT2D eigenvalue weighted by Crippen LogP contribution is -1.95. The Labute approximate surface area is 100 Å². The van der Waals surface area contributed by atoms with E-state index in [0.717, 1.165) is 22.8 Å². The zero-order valence-electron chi connectivity index (χ0n) is 10.1. The van der Waals surface area contributed by atoms with Crippen LogP contribution in [0.15, 0.2) is 28.7 Å². The molecule has 0 aliphatic rings. The van der Waals surface area contributed by atoms with Crippen molar-refractivity contribution in [2.45, 2.75) is 19.9 Å². The van der Waals surface area contributed by atoms with Crippen molar-refractivity contribution in [3.05, 3.63) is 47.2 Å². The highest BCUT2D eigenvalue weighted by molar-refractivity contribution is 5.36. The van der Waals surface area contributed by atoms with E-state index in [-0.39, 0.29) is 0 Å². The van der Waals surface area contributed by atoms with E-state index in [4.69, 9.17) is 14.9 Å². The molecule has 0 radical (unpaired) electrons. The second-order valence-corrected chi connectivity index (χ2v) is 3.81. The number of ether oxygens (including phenoxy) is 1. The molecule has 0 spiro atoms. The SMILES string of the molecule is COc1ccccc1Cc1oc(CN)nc1C. The maximum absolute atomic E-state index is 5.58. The summed E-state index contributed by atoms with van der Waals surface area (Å²) in [5.41, 5.74) is 7.47. The van der Waals surface area contributed by atoms with Crippen LogP contribution in [0.25, 0.3) is 0 Å². The lowest BCUT2D eigenvalue weighted by atomic mass is 10.1. The fraction of sp³-hybridized carbons (Fsp3) is 0.308. The summed E-state index contributed by atoms with van der Waals surface area (Å²) in [7, 11) is 1.66. The molecule has 0 saturated carbocycles. The predicted molar refractivity (Wildman–Crippen MR) is 64.9 cm³/mol. The van der Waals surface area contributed by atoms with Gasteiger partial charge in [-0.05, 0) is 13.0 Å². The summed E-state index contributed by atoms with van der Waals surface area (Å²) < 4.78 is 10.9. The van der Waals surface area contributed by atoms with Crippen molar-refractivity contribution in [3.63, 3.8) is 0 Å². The Morgan fingerprint density at radius 2 is 2.12 bits per heavy atom. The van der Waals surface area contributed by atoms with Crippen LogP contribution < -0.4 is 10.5 Å². The number of nitrogens with two attached hydrogens (primary N) is 1. The zero-order valence-corrected chi connectivity index (χ0v) is 10.1. The second kappa shape index (κ2) is 5.01. The highest BCUT2D eigenvalue weighted by atomic mass is 16.5. The smallest absolute Gasteiger partial charge is 0.208 e. The average molecular weight is 232 g/mol. The molecule has 2 aromatic rings. The van der Waals surface area contributed by atoms with Crippen molar-refractivity contribution in [1.82, 2.24) is 4.98 Å². The van der Waals surface area contributed by atoms with Gasteiger partial charge in [-0.1, -0.05) is 18.2 Å². The molecule has 0 saturated heterocycles. The van der Waals surface area contributed by atoms with Crippen LogP contribution in [0.3, 0.4) is 0 Å². The van der Waals surface area contributed by atoms with Gasteiger partial charge in [-0.2, -0.15) is 0 Å². The molecule has 0 atom stereocenters. The maximum atomic E-state index is 5.58. The molecule has 4 heteroatoms. The molecule has 0 bridgehead atoms. The van der Waals surface area contributed by atoms with Crippen LogP contribution in [0.2, 0.25) is 0 Å². The Morgan fingerprint density at radius 3 is 2.76 bits per heavy atom.